The van der Waals surface area contributed by atoms with Crippen LogP contribution in [0, 0.1) is 12.7 Å². The molecule has 2 aliphatic heterocycles. The molecule has 6 heteroatoms. The van der Waals surface area contributed by atoms with Gasteiger partial charge >= 0.3 is 0 Å². The summed E-state index contributed by atoms with van der Waals surface area (Å²) in [6, 6.07) is 3.58. The lowest BCUT2D eigenvalue weighted by molar-refractivity contribution is -0.0161. The van der Waals surface area contributed by atoms with E-state index in [4.69, 9.17) is 14.5 Å². The minimum Gasteiger partial charge on any atom is -0.374 e. The van der Waals surface area contributed by atoms with Crippen molar-refractivity contribution in [2.24, 2.45) is 0 Å². The summed E-state index contributed by atoms with van der Waals surface area (Å²) in [4.78, 5) is 18.1. The van der Waals surface area contributed by atoms with Crippen LogP contribution in [0.4, 0.5) is 4.39 Å². The van der Waals surface area contributed by atoms with Gasteiger partial charge in [-0.05, 0) is 54.5 Å². The van der Waals surface area contributed by atoms with Gasteiger partial charge in [0.2, 0.25) is 0 Å². The van der Waals surface area contributed by atoms with Gasteiger partial charge < -0.3 is 14.0 Å². The number of methoxy groups -OCH3 is 1. The number of nitrogens with zero attached hydrogens (tertiary/aromatic N) is 2. The largest absolute Gasteiger partial charge is 0.374 e. The Hall–Kier alpha value is -2.57. The van der Waals surface area contributed by atoms with Gasteiger partial charge in [0.1, 0.15) is 11.9 Å². The monoisotopic (exact) mass is 392 g/mol. The Bertz CT molecular complexity index is 1280. The molecule has 0 saturated carbocycles. The van der Waals surface area contributed by atoms with Crippen molar-refractivity contribution in [3.05, 3.63) is 61.7 Å². The van der Waals surface area contributed by atoms with E-state index in [-0.39, 0.29) is 17.5 Å². The van der Waals surface area contributed by atoms with Crippen molar-refractivity contribution in [1.29, 1.82) is 0 Å². The van der Waals surface area contributed by atoms with Crippen LogP contribution in [-0.2, 0) is 35.5 Å². The van der Waals surface area contributed by atoms with Crippen LogP contribution in [0.1, 0.15) is 45.9 Å². The first-order valence-electron chi connectivity index (χ1n) is 10.1. The topological polar surface area (TPSA) is 53.4 Å². The van der Waals surface area contributed by atoms with Gasteiger partial charge in [0.25, 0.3) is 5.56 Å². The Morgan fingerprint density at radius 2 is 2.03 bits per heavy atom. The van der Waals surface area contributed by atoms with E-state index in [9.17, 15) is 9.18 Å². The van der Waals surface area contributed by atoms with E-state index in [1.165, 1.54) is 5.56 Å². The van der Waals surface area contributed by atoms with Crippen LogP contribution >= 0.6 is 0 Å². The van der Waals surface area contributed by atoms with Crippen molar-refractivity contribution in [2.75, 3.05) is 13.7 Å². The van der Waals surface area contributed by atoms with Gasteiger partial charge in [0.15, 0.2) is 0 Å². The van der Waals surface area contributed by atoms with Crippen molar-refractivity contribution in [3.63, 3.8) is 0 Å². The van der Waals surface area contributed by atoms with E-state index in [0.717, 1.165) is 58.3 Å². The first-order chi connectivity index (χ1) is 14.1. The average Bonchev–Trinajstić information content (AvgIpc) is 3.11. The molecule has 1 aromatic carbocycles. The van der Waals surface area contributed by atoms with Crippen LogP contribution in [0.15, 0.2) is 16.9 Å². The zero-order valence-corrected chi connectivity index (χ0v) is 16.5. The summed E-state index contributed by atoms with van der Waals surface area (Å²) < 4.78 is 27.5. The quantitative estimate of drug-likeness (QED) is 0.497. The SMILES string of the molecule is COC1COCc2c1cc1n(c2=O)Cc2c-1nc1cc(F)c(C)c3c1c2CCC3. The maximum atomic E-state index is 14.6. The van der Waals surface area contributed by atoms with E-state index in [1.54, 1.807) is 17.7 Å². The number of ether oxygens (including phenoxy) is 2. The number of hydrogen-bond acceptors (Lipinski definition) is 4. The maximum Gasteiger partial charge on any atom is 0.257 e. The lowest BCUT2D eigenvalue weighted by Crippen LogP contribution is -2.30. The highest BCUT2D eigenvalue weighted by Crippen LogP contribution is 2.42. The molecule has 6 rings (SSSR count). The Morgan fingerprint density at radius 3 is 2.86 bits per heavy atom. The molecule has 0 fully saturated rings. The Balaban J connectivity index is 1.67. The van der Waals surface area contributed by atoms with E-state index in [0.29, 0.717) is 30.8 Å². The highest BCUT2D eigenvalue weighted by molar-refractivity contribution is 5.92. The molecule has 148 valence electrons. The minimum absolute atomic E-state index is 0.0353. The van der Waals surface area contributed by atoms with Gasteiger partial charge in [-0.25, -0.2) is 9.37 Å². The fourth-order valence-electron chi connectivity index (χ4n) is 5.31. The first kappa shape index (κ1) is 17.3. The predicted octanol–water partition coefficient (Wildman–Crippen LogP) is 3.58. The zero-order chi connectivity index (χ0) is 19.9. The molecule has 0 bridgehead atoms. The van der Waals surface area contributed by atoms with Crippen LogP contribution in [0.3, 0.4) is 0 Å². The summed E-state index contributed by atoms with van der Waals surface area (Å²) in [7, 11) is 1.63. The van der Waals surface area contributed by atoms with Crippen molar-refractivity contribution in [2.45, 2.75) is 45.4 Å². The normalized spacial score (nSPS) is 19.2. The summed E-state index contributed by atoms with van der Waals surface area (Å²) in [5.74, 6) is -0.203. The molecule has 29 heavy (non-hydrogen) atoms. The molecule has 3 aliphatic rings. The molecular weight excluding hydrogens is 371 g/mol. The molecule has 1 unspecified atom stereocenters. The summed E-state index contributed by atoms with van der Waals surface area (Å²) in [6.45, 7) is 3.11. The van der Waals surface area contributed by atoms with Gasteiger partial charge in [-0.3, -0.25) is 4.79 Å². The van der Waals surface area contributed by atoms with Crippen LogP contribution in [0.5, 0.6) is 0 Å². The second-order valence-electron chi connectivity index (χ2n) is 8.22. The lowest BCUT2D eigenvalue weighted by atomic mass is 9.85. The van der Waals surface area contributed by atoms with Crippen molar-refractivity contribution in [3.8, 4) is 11.4 Å². The van der Waals surface area contributed by atoms with E-state index in [2.05, 4.69) is 0 Å². The van der Waals surface area contributed by atoms with E-state index >= 15 is 0 Å². The molecule has 2 aromatic heterocycles. The lowest BCUT2D eigenvalue weighted by Gasteiger charge is -2.25. The van der Waals surface area contributed by atoms with Crippen molar-refractivity contribution in [1.82, 2.24) is 9.55 Å². The molecule has 0 spiro atoms. The average molecular weight is 392 g/mol. The molecule has 4 heterocycles. The third-order valence-corrected chi connectivity index (χ3v) is 6.81. The number of halogens is 1. The summed E-state index contributed by atoms with van der Waals surface area (Å²) in [5, 5.41) is 1.10. The molecule has 0 N–H and O–H groups in total. The zero-order valence-electron chi connectivity index (χ0n) is 16.5. The second kappa shape index (κ2) is 5.97. The molecule has 0 radical (unpaired) electrons. The summed E-state index contributed by atoms with van der Waals surface area (Å²) >= 11 is 0. The Labute approximate surface area is 167 Å². The van der Waals surface area contributed by atoms with Crippen molar-refractivity contribution < 1.29 is 13.9 Å². The first-order valence-corrected chi connectivity index (χ1v) is 10.1. The van der Waals surface area contributed by atoms with E-state index in [1.807, 2.05) is 13.0 Å². The number of benzene rings is 1. The number of aryl methyl sites for hydroxylation is 2. The second-order valence-corrected chi connectivity index (χ2v) is 8.22. The molecule has 5 nitrogen and oxygen atoms in total. The van der Waals surface area contributed by atoms with Gasteiger partial charge in [0, 0.05) is 29.7 Å². The smallest absolute Gasteiger partial charge is 0.257 e. The van der Waals surface area contributed by atoms with Crippen LogP contribution in [0.25, 0.3) is 22.3 Å². The van der Waals surface area contributed by atoms with Crippen molar-refractivity contribution >= 4 is 10.9 Å². The van der Waals surface area contributed by atoms with Crippen LogP contribution in [0.2, 0.25) is 0 Å². The number of aromatic nitrogens is 2. The Morgan fingerprint density at radius 1 is 1.21 bits per heavy atom. The fraction of sp³-hybridized carbons (Fsp3) is 0.391. The molecule has 1 atom stereocenters. The van der Waals surface area contributed by atoms with Gasteiger partial charge in [-0.15, -0.1) is 0 Å². The van der Waals surface area contributed by atoms with Gasteiger partial charge in [0.05, 0.1) is 36.7 Å². The minimum atomic E-state index is -0.257. The predicted molar refractivity (Wildman–Crippen MR) is 107 cm³/mol. The molecular formula is C23H21FN2O3. The highest BCUT2D eigenvalue weighted by Gasteiger charge is 2.33. The third kappa shape index (κ3) is 2.21. The summed E-state index contributed by atoms with van der Waals surface area (Å²) in [6.07, 6.45) is 2.55. The van der Waals surface area contributed by atoms with Crippen LogP contribution in [-0.4, -0.2) is 23.3 Å². The fourth-order valence-corrected chi connectivity index (χ4v) is 5.31. The number of pyridine rings is 2. The highest BCUT2D eigenvalue weighted by atomic mass is 19.1. The molecule has 3 aromatic rings. The van der Waals surface area contributed by atoms with Gasteiger partial charge in [-0.2, -0.15) is 0 Å². The summed E-state index contributed by atoms with van der Waals surface area (Å²) in [5.41, 5.74) is 7.97. The molecule has 0 saturated heterocycles. The third-order valence-electron chi connectivity index (χ3n) is 6.81. The molecule has 1 aliphatic carbocycles. The van der Waals surface area contributed by atoms with Gasteiger partial charge in [-0.1, -0.05) is 0 Å². The number of hydrogen-bond donors (Lipinski definition) is 0. The standard InChI is InChI=1S/C23H21FN2O3/c1-11-12-4-3-5-13-15-8-26-19(22(15)25-18(21(12)13)7-17(11)24)6-14-16(23(26)27)9-29-10-20(14)28-2/h6-7,20H,3-5,8-10H2,1-2H3. The van der Waals surface area contributed by atoms with Crippen LogP contribution < -0.4 is 5.56 Å². The molecule has 0 amide bonds. The number of rotatable bonds is 1. The maximum absolute atomic E-state index is 14.6. The van der Waals surface area contributed by atoms with E-state index < -0.39 is 0 Å². The number of fused-ring (bicyclic) bond motifs is 5. The Kier molecular flexibility index (Phi) is 3.56.